The molecule has 1 aromatic heterocycles. The fourth-order valence-electron chi connectivity index (χ4n) is 3.20. The highest BCUT2D eigenvalue weighted by molar-refractivity contribution is 6.01. The third kappa shape index (κ3) is 4.16. The van der Waals surface area contributed by atoms with Gasteiger partial charge in [-0.05, 0) is 43.7 Å². The van der Waals surface area contributed by atoms with E-state index in [0.29, 0.717) is 35.1 Å². The van der Waals surface area contributed by atoms with Crippen molar-refractivity contribution in [2.24, 2.45) is 7.05 Å². The molecule has 0 atom stereocenters. The van der Waals surface area contributed by atoms with Gasteiger partial charge < -0.3 is 25.0 Å². The first kappa shape index (κ1) is 20.2. The van der Waals surface area contributed by atoms with Gasteiger partial charge in [-0.25, -0.2) is 4.98 Å². The van der Waals surface area contributed by atoms with Crippen LogP contribution in [0.1, 0.15) is 20.3 Å². The molecule has 3 rings (SSSR count). The normalized spacial score (nSPS) is 17.7. The molecule has 1 fully saturated rings. The van der Waals surface area contributed by atoms with Crippen LogP contribution in [0, 0.1) is 0 Å². The molecule has 1 saturated heterocycles. The second kappa shape index (κ2) is 8.22. The molecule has 8 heteroatoms. The van der Waals surface area contributed by atoms with Crippen LogP contribution in [0.4, 0.5) is 5.95 Å². The Morgan fingerprint density at radius 2 is 2.17 bits per heavy atom. The van der Waals surface area contributed by atoms with Gasteiger partial charge in [0.2, 0.25) is 5.95 Å². The molecule has 2 heterocycles. The van der Waals surface area contributed by atoms with E-state index in [1.54, 1.807) is 23.6 Å². The summed E-state index contributed by atoms with van der Waals surface area (Å²) in [5, 5.41) is 8.85. The van der Waals surface area contributed by atoms with E-state index >= 15 is 0 Å². The van der Waals surface area contributed by atoms with E-state index in [1.807, 2.05) is 38.2 Å². The predicted molar refractivity (Wildman–Crippen MR) is 110 cm³/mol. The summed E-state index contributed by atoms with van der Waals surface area (Å²) in [4.78, 5) is 29.3. The Morgan fingerprint density at radius 3 is 2.86 bits per heavy atom. The van der Waals surface area contributed by atoms with Crippen LogP contribution in [0.25, 0.3) is 11.0 Å². The van der Waals surface area contributed by atoms with Gasteiger partial charge in [-0.3, -0.25) is 9.59 Å². The van der Waals surface area contributed by atoms with Gasteiger partial charge in [0.1, 0.15) is 11.3 Å². The maximum atomic E-state index is 12.6. The fraction of sp³-hybridized carbons (Fsp3) is 0.286. The summed E-state index contributed by atoms with van der Waals surface area (Å²) in [5.41, 5.74) is 8.82. The number of rotatable bonds is 6. The van der Waals surface area contributed by atoms with E-state index in [2.05, 4.69) is 4.98 Å². The number of allylic oxidation sites excluding steroid dienone is 4. The Balaban J connectivity index is 1.81. The van der Waals surface area contributed by atoms with Gasteiger partial charge >= 0.3 is 5.97 Å². The topological polar surface area (TPSA) is 111 Å². The standard InChI is InChI=1S/C21H24N4O4/c1-4-14-12-25(11-10-18(26)27)20(28)15(14)9-8-13(2)29-17-7-5-6-16-19(17)23-21(22)24(16)3/h4-9H,10-12H2,1-3H3,(H2,22,23)(H,26,27)/b13-8+,14-4-,15-9+. The quantitative estimate of drug-likeness (QED) is 0.574. The summed E-state index contributed by atoms with van der Waals surface area (Å²) < 4.78 is 7.71. The number of fused-ring (bicyclic) bond motifs is 1. The highest BCUT2D eigenvalue weighted by Gasteiger charge is 2.29. The number of aryl methyl sites for hydroxylation is 1. The largest absolute Gasteiger partial charge is 0.481 e. The number of nitrogen functional groups attached to an aromatic ring is 1. The number of aliphatic carboxylic acids is 1. The van der Waals surface area contributed by atoms with Crippen LogP contribution < -0.4 is 10.5 Å². The Bertz CT molecular complexity index is 1060. The molecule has 0 radical (unpaired) electrons. The zero-order chi connectivity index (χ0) is 21.1. The number of carbonyl (C=O) groups is 2. The maximum absolute atomic E-state index is 12.6. The highest BCUT2D eigenvalue weighted by Crippen LogP contribution is 2.28. The lowest BCUT2D eigenvalue weighted by atomic mass is 10.1. The van der Waals surface area contributed by atoms with E-state index in [4.69, 9.17) is 15.6 Å². The van der Waals surface area contributed by atoms with Crippen LogP contribution in [0.3, 0.4) is 0 Å². The number of benzene rings is 1. The monoisotopic (exact) mass is 396 g/mol. The number of hydrogen-bond acceptors (Lipinski definition) is 5. The van der Waals surface area contributed by atoms with Crippen LogP contribution >= 0.6 is 0 Å². The number of nitrogens with two attached hydrogens (primary N) is 1. The van der Waals surface area contributed by atoms with Crippen LogP contribution in [0.5, 0.6) is 5.75 Å². The lowest BCUT2D eigenvalue weighted by Gasteiger charge is -2.12. The van der Waals surface area contributed by atoms with Gasteiger partial charge in [0.05, 0.1) is 11.9 Å². The molecule has 1 aliphatic heterocycles. The second-order valence-electron chi connectivity index (χ2n) is 6.80. The molecule has 29 heavy (non-hydrogen) atoms. The molecule has 0 spiro atoms. The number of ether oxygens (including phenoxy) is 1. The van der Waals surface area contributed by atoms with E-state index in [-0.39, 0.29) is 18.9 Å². The Labute approximate surface area is 168 Å². The molecule has 8 nitrogen and oxygen atoms in total. The minimum Gasteiger partial charge on any atom is -0.481 e. The molecule has 2 aromatic rings. The Hall–Kier alpha value is -3.55. The fourth-order valence-corrected chi connectivity index (χ4v) is 3.20. The number of para-hydroxylation sites is 1. The van der Waals surface area contributed by atoms with Crippen LogP contribution in [0.15, 0.2) is 53.3 Å². The molecule has 0 saturated carbocycles. The summed E-state index contributed by atoms with van der Waals surface area (Å²) in [5.74, 6) is 0.458. The molecule has 1 aliphatic rings. The zero-order valence-electron chi connectivity index (χ0n) is 16.7. The Morgan fingerprint density at radius 1 is 1.41 bits per heavy atom. The van der Waals surface area contributed by atoms with Crippen LogP contribution in [-0.4, -0.2) is 44.5 Å². The van der Waals surface area contributed by atoms with Gasteiger partial charge in [-0.1, -0.05) is 12.1 Å². The summed E-state index contributed by atoms with van der Waals surface area (Å²) in [6, 6.07) is 5.59. The van der Waals surface area contributed by atoms with Crippen molar-refractivity contribution in [1.82, 2.24) is 14.5 Å². The lowest BCUT2D eigenvalue weighted by Crippen LogP contribution is -2.27. The smallest absolute Gasteiger partial charge is 0.305 e. The molecule has 1 amide bonds. The number of nitrogens with zero attached hydrogens (tertiary/aromatic N) is 3. The number of carbonyl (C=O) groups excluding carboxylic acids is 1. The molecular formula is C21H24N4O4. The van der Waals surface area contributed by atoms with Crippen molar-refractivity contribution in [2.45, 2.75) is 20.3 Å². The lowest BCUT2D eigenvalue weighted by molar-refractivity contribution is -0.137. The van der Waals surface area contributed by atoms with Gasteiger partial charge in [0.15, 0.2) is 5.75 Å². The number of likely N-dealkylation sites (tertiary alicyclic amines) is 1. The molecular weight excluding hydrogens is 372 g/mol. The van der Waals surface area contributed by atoms with Crippen molar-refractivity contribution < 1.29 is 19.4 Å². The van der Waals surface area contributed by atoms with E-state index < -0.39 is 5.97 Å². The first-order chi connectivity index (χ1) is 13.8. The molecule has 0 aliphatic carbocycles. The van der Waals surface area contributed by atoms with Gasteiger partial charge in [0.25, 0.3) is 5.91 Å². The third-order valence-corrected chi connectivity index (χ3v) is 4.83. The number of imidazole rings is 1. The van der Waals surface area contributed by atoms with Gasteiger partial charge in [0, 0.05) is 25.7 Å². The number of carboxylic acids is 1. The minimum absolute atomic E-state index is 0.0782. The highest BCUT2D eigenvalue weighted by atomic mass is 16.5. The number of anilines is 1. The predicted octanol–water partition coefficient (Wildman–Crippen LogP) is 2.63. The summed E-state index contributed by atoms with van der Waals surface area (Å²) >= 11 is 0. The van der Waals surface area contributed by atoms with Crippen molar-refractivity contribution >= 4 is 28.9 Å². The number of carboxylic acid groups (broad SMARTS) is 1. The summed E-state index contributed by atoms with van der Waals surface area (Å²) in [6.45, 7) is 4.25. The van der Waals surface area contributed by atoms with Crippen LogP contribution in [0.2, 0.25) is 0 Å². The number of aromatic nitrogens is 2. The van der Waals surface area contributed by atoms with Gasteiger partial charge in [-0.15, -0.1) is 0 Å². The SMILES string of the molecule is C/C=C1/CN(CCC(=O)O)C(=O)/C1=C/C=C(\C)Oc1cccc2c1nc(N)n2C. The van der Waals surface area contributed by atoms with Gasteiger partial charge in [-0.2, -0.15) is 0 Å². The van der Waals surface area contributed by atoms with E-state index in [9.17, 15) is 9.59 Å². The first-order valence-electron chi connectivity index (χ1n) is 9.25. The van der Waals surface area contributed by atoms with E-state index in [0.717, 1.165) is 11.1 Å². The molecule has 3 N–H and O–H groups in total. The van der Waals surface area contributed by atoms with Crippen molar-refractivity contribution in [3.63, 3.8) is 0 Å². The number of amides is 1. The van der Waals surface area contributed by atoms with Crippen molar-refractivity contribution in [3.05, 3.63) is 53.3 Å². The molecule has 0 bridgehead atoms. The first-order valence-corrected chi connectivity index (χ1v) is 9.25. The zero-order valence-corrected chi connectivity index (χ0v) is 16.7. The minimum atomic E-state index is -0.925. The molecule has 1 aromatic carbocycles. The summed E-state index contributed by atoms with van der Waals surface area (Å²) in [6.07, 6.45) is 5.22. The summed E-state index contributed by atoms with van der Waals surface area (Å²) in [7, 11) is 1.84. The van der Waals surface area contributed by atoms with Crippen molar-refractivity contribution in [3.8, 4) is 5.75 Å². The van der Waals surface area contributed by atoms with Crippen LogP contribution in [-0.2, 0) is 16.6 Å². The average molecular weight is 396 g/mol. The number of hydrogen-bond donors (Lipinski definition) is 2. The average Bonchev–Trinajstić information content (AvgIpc) is 3.15. The molecule has 152 valence electrons. The second-order valence-corrected chi connectivity index (χ2v) is 6.80. The Kier molecular flexibility index (Phi) is 5.72. The van der Waals surface area contributed by atoms with Crippen molar-refractivity contribution in [2.75, 3.05) is 18.8 Å². The van der Waals surface area contributed by atoms with E-state index in [1.165, 1.54) is 4.90 Å². The third-order valence-electron chi connectivity index (χ3n) is 4.83. The van der Waals surface area contributed by atoms with Crippen molar-refractivity contribution in [1.29, 1.82) is 0 Å². The maximum Gasteiger partial charge on any atom is 0.305 e. The molecule has 0 unspecified atom stereocenters.